The van der Waals surface area contributed by atoms with Crippen LogP contribution in [0.25, 0.3) is 0 Å². The first-order valence-electron chi connectivity index (χ1n) is 4.83. The standard InChI is InChI=1S/C11H14F3NO.ClH/c1-6-3-8(4-7(2)10(6)16)9(15)5-11(12,13)14;/h3-4,9,16H,5,15H2,1-2H3;1H/t9-;/m1./s1. The monoisotopic (exact) mass is 269 g/mol. The molecule has 0 spiro atoms. The average Bonchev–Trinajstić information content (AvgIpc) is 2.10. The molecular formula is C11H15ClF3NO. The number of hydrogen-bond donors (Lipinski definition) is 2. The fourth-order valence-corrected chi connectivity index (χ4v) is 1.57. The molecule has 2 nitrogen and oxygen atoms in total. The largest absolute Gasteiger partial charge is 0.507 e. The van der Waals surface area contributed by atoms with Gasteiger partial charge in [-0.15, -0.1) is 12.4 Å². The highest BCUT2D eigenvalue weighted by atomic mass is 35.5. The van der Waals surface area contributed by atoms with Crippen LogP contribution in [0.3, 0.4) is 0 Å². The second-order valence-electron chi connectivity index (χ2n) is 3.93. The Morgan fingerprint density at radius 3 is 2.00 bits per heavy atom. The van der Waals surface area contributed by atoms with Crippen molar-refractivity contribution >= 4 is 12.4 Å². The van der Waals surface area contributed by atoms with Crippen molar-refractivity contribution in [2.45, 2.75) is 32.5 Å². The van der Waals surface area contributed by atoms with E-state index in [1.165, 1.54) is 12.1 Å². The highest BCUT2D eigenvalue weighted by molar-refractivity contribution is 5.85. The van der Waals surface area contributed by atoms with Crippen LogP contribution in [0.15, 0.2) is 12.1 Å². The number of rotatable bonds is 2. The van der Waals surface area contributed by atoms with Gasteiger partial charge in [0.1, 0.15) is 5.75 Å². The molecule has 1 atom stereocenters. The number of phenolic OH excluding ortho intramolecular Hbond substituents is 1. The molecule has 17 heavy (non-hydrogen) atoms. The molecule has 0 heterocycles. The van der Waals surface area contributed by atoms with Crippen LogP contribution in [0, 0.1) is 13.8 Å². The van der Waals surface area contributed by atoms with E-state index in [9.17, 15) is 18.3 Å². The Morgan fingerprint density at radius 1 is 1.24 bits per heavy atom. The van der Waals surface area contributed by atoms with Gasteiger partial charge in [0, 0.05) is 6.04 Å². The van der Waals surface area contributed by atoms with Gasteiger partial charge in [0.25, 0.3) is 0 Å². The van der Waals surface area contributed by atoms with E-state index in [1.807, 2.05) is 0 Å². The Bertz CT molecular complexity index is 370. The Balaban J connectivity index is 0.00000256. The maximum Gasteiger partial charge on any atom is 0.390 e. The molecule has 0 aromatic heterocycles. The molecule has 0 unspecified atom stereocenters. The summed E-state index contributed by atoms with van der Waals surface area (Å²) in [6, 6.07) is 1.88. The van der Waals surface area contributed by atoms with E-state index in [4.69, 9.17) is 5.73 Å². The second-order valence-corrected chi connectivity index (χ2v) is 3.93. The highest BCUT2D eigenvalue weighted by Crippen LogP contribution is 2.31. The molecule has 0 aliphatic heterocycles. The summed E-state index contributed by atoms with van der Waals surface area (Å²) in [6.07, 6.45) is -5.34. The summed E-state index contributed by atoms with van der Waals surface area (Å²) in [7, 11) is 0. The van der Waals surface area contributed by atoms with Crippen molar-refractivity contribution in [3.63, 3.8) is 0 Å². The van der Waals surface area contributed by atoms with Crippen molar-refractivity contribution in [1.82, 2.24) is 0 Å². The third kappa shape index (κ3) is 4.44. The van der Waals surface area contributed by atoms with Crippen LogP contribution in [-0.2, 0) is 0 Å². The Kier molecular flexibility index (Phi) is 5.29. The van der Waals surface area contributed by atoms with Gasteiger partial charge >= 0.3 is 6.18 Å². The Labute approximate surface area is 104 Å². The fourth-order valence-electron chi connectivity index (χ4n) is 1.57. The molecule has 0 aliphatic rings. The lowest BCUT2D eigenvalue weighted by Crippen LogP contribution is -2.20. The van der Waals surface area contributed by atoms with Crippen LogP contribution in [0.2, 0.25) is 0 Å². The van der Waals surface area contributed by atoms with Gasteiger partial charge in [-0.1, -0.05) is 12.1 Å². The van der Waals surface area contributed by atoms with Crippen LogP contribution in [0.5, 0.6) is 5.75 Å². The molecule has 0 saturated heterocycles. The van der Waals surface area contributed by atoms with Crippen molar-refractivity contribution in [2.24, 2.45) is 5.73 Å². The molecule has 0 aliphatic carbocycles. The Morgan fingerprint density at radius 2 is 1.65 bits per heavy atom. The molecule has 1 rings (SSSR count). The molecule has 0 fully saturated rings. The van der Waals surface area contributed by atoms with E-state index in [-0.39, 0.29) is 18.2 Å². The number of phenols is 1. The van der Waals surface area contributed by atoms with E-state index >= 15 is 0 Å². The summed E-state index contributed by atoms with van der Waals surface area (Å²) in [5, 5.41) is 9.48. The van der Waals surface area contributed by atoms with Crippen molar-refractivity contribution in [2.75, 3.05) is 0 Å². The first-order chi connectivity index (χ1) is 7.20. The third-order valence-corrected chi connectivity index (χ3v) is 2.39. The van der Waals surface area contributed by atoms with Crippen molar-refractivity contribution in [1.29, 1.82) is 0 Å². The SMILES string of the molecule is Cc1cc([C@H](N)CC(F)(F)F)cc(C)c1O.Cl. The molecule has 6 heteroatoms. The first-order valence-corrected chi connectivity index (χ1v) is 4.83. The molecule has 0 bridgehead atoms. The number of aromatic hydroxyl groups is 1. The van der Waals surface area contributed by atoms with Crippen LogP contribution in [0.1, 0.15) is 29.2 Å². The lowest BCUT2D eigenvalue weighted by atomic mass is 9.99. The van der Waals surface area contributed by atoms with Crippen molar-refractivity contribution in [3.8, 4) is 5.75 Å². The summed E-state index contributed by atoms with van der Waals surface area (Å²) in [6.45, 7) is 3.26. The van der Waals surface area contributed by atoms with Crippen molar-refractivity contribution < 1.29 is 18.3 Å². The second kappa shape index (κ2) is 5.60. The van der Waals surface area contributed by atoms with Crippen LogP contribution in [-0.4, -0.2) is 11.3 Å². The van der Waals surface area contributed by atoms with Gasteiger partial charge in [0.2, 0.25) is 0 Å². The number of nitrogens with two attached hydrogens (primary N) is 1. The zero-order valence-corrected chi connectivity index (χ0v) is 10.3. The minimum absolute atomic E-state index is 0. The summed E-state index contributed by atoms with van der Waals surface area (Å²) < 4.78 is 36.4. The third-order valence-electron chi connectivity index (χ3n) is 2.39. The number of benzene rings is 1. The van der Waals surface area contributed by atoms with E-state index in [2.05, 4.69) is 0 Å². The van der Waals surface area contributed by atoms with Gasteiger partial charge in [-0.25, -0.2) is 0 Å². The molecule has 3 N–H and O–H groups in total. The molecular weight excluding hydrogens is 255 g/mol. The summed E-state index contributed by atoms with van der Waals surface area (Å²) >= 11 is 0. The van der Waals surface area contributed by atoms with E-state index in [0.717, 1.165) is 0 Å². The van der Waals surface area contributed by atoms with Crippen LogP contribution >= 0.6 is 12.4 Å². The number of halogens is 4. The predicted molar refractivity (Wildman–Crippen MR) is 62.4 cm³/mol. The lowest BCUT2D eigenvalue weighted by Gasteiger charge is -2.16. The van der Waals surface area contributed by atoms with Gasteiger partial charge < -0.3 is 10.8 Å². The minimum atomic E-state index is -4.28. The summed E-state index contributed by atoms with van der Waals surface area (Å²) in [4.78, 5) is 0. The number of aryl methyl sites for hydroxylation is 2. The minimum Gasteiger partial charge on any atom is -0.507 e. The predicted octanol–water partition coefficient (Wildman–Crippen LogP) is 3.38. The number of hydrogen-bond acceptors (Lipinski definition) is 2. The van der Waals surface area contributed by atoms with E-state index < -0.39 is 18.6 Å². The average molecular weight is 270 g/mol. The van der Waals surface area contributed by atoms with Crippen LogP contribution in [0.4, 0.5) is 13.2 Å². The van der Waals surface area contributed by atoms with Crippen LogP contribution < -0.4 is 5.73 Å². The van der Waals surface area contributed by atoms with Gasteiger partial charge in [0.05, 0.1) is 6.42 Å². The summed E-state index contributed by atoms with van der Waals surface area (Å²) in [5.41, 5.74) is 6.93. The molecule has 0 radical (unpaired) electrons. The quantitative estimate of drug-likeness (QED) is 0.864. The Hall–Kier alpha value is -0.940. The molecule has 1 aromatic carbocycles. The van der Waals surface area contributed by atoms with Gasteiger partial charge in [-0.2, -0.15) is 13.2 Å². The zero-order chi connectivity index (χ0) is 12.5. The normalized spacial score (nSPS) is 13.1. The fraction of sp³-hybridized carbons (Fsp3) is 0.455. The zero-order valence-electron chi connectivity index (χ0n) is 9.51. The molecule has 1 aromatic rings. The first kappa shape index (κ1) is 16.1. The van der Waals surface area contributed by atoms with E-state index in [0.29, 0.717) is 16.7 Å². The highest BCUT2D eigenvalue weighted by Gasteiger charge is 2.31. The summed E-state index contributed by atoms with van der Waals surface area (Å²) in [5.74, 6) is 0.1000. The topological polar surface area (TPSA) is 46.2 Å². The van der Waals surface area contributed by atoms with Gasteiger partial charge in [-0.05, 0) is 30.5 Å². The lowest BCUT2D eigenvalue weighted by molar-refractivity contribution is -0.138. The molecule has 0 amide bonds. The van der Waals surface area contributed by atoms with Gasteiger partial charge in [0.15, 0.2) is 0 Å². The van der Waals surface area contributed by atoms with Crippen molar-refractivity contribution in [3.05, 3.63) is 28.8 Å². The maximum atomic E-state index is 12.1. The number of alkyl halides is 3. The molecule has 98 valence electrons. The smallest absolute Gasteiger partial charge is 0.390 e. The maximum absolute atomic E-state index is 12.1. The van der Waals surface area contributed by atoms with E-state index in [1.54, 1.807) is 13.8 Å². The molecule has 0 saturated carbocycles. The van der Waals surface area contributed by atoms with Gasteiger partial charge in [-0.3, -0.25) is 0 Å².